The zero-order chi connectivity index (χ0) is 13.7. The standard InChI is InChI=1S/C15H15ClN2O/c1-11(12-6-8-17-9-7-12)18-15(19)10-13-4-2-3-5-14(13)16/h2-9,11H,10H2,1H3,(H,18,19)/t11-/m0/s1. The van der Waals surface area contributed by atoms with Crippen LogP contribution in [0.25, 0.3) is 0 Å². The number of halogens is 1. The largest absolute Gasteiger partial charge is 0.349 e. The summed E-state index contributed by atoms with van der Waals surface area (Å²) in [5, 5.41) is 3.57. The monoisotopic (exact) mass is 274 g/mol. The highest BCUT2D eigenvalue weighted by atomic mass is 35.5. The smallest absolute Gasteiger partial charge is 0.224 e. The van der Waals surface area contributed by atoms with Crippen molar-refractivity contribution in [1.29, 1.82) is 0 Å². The SMILES string of the molecule is C[C@H](NC(=O)Cc1ccccc1Cl)c1ccncc1. The van der Waals surface area contributed by atoms with Crippen LogP contribution >= 0.6 is 11.6 Å². The quantitative estimate of drug-likeness (QED) is 0.931. The van der Waals surface area contributed by atoms with Gasteiger partial charge in [-0.2, -0.15) is 0 Å². The number of hydrogen-bond donors (Lipinski definition) is 1. The number of rotatable bonds is 4. The van der Waals surface area contributed by atoms with E-state index in [0.29, 0.717) is 5.02 Å². The van der Waals surface area contributed by atoms with Crippen LogP contribution in [0.2, 0.25) is 5.02 Å². The van der Waals surface area contributed by atoms with Gasteiger partial charge in [-0.15, -0.1) is 0 Å². The number of pyridine rings is 1. The van der Waals surface area contributed by atoms with E-state index in [9.17, 15) is 4.79 Å². The molecule has 2 aromatic rings. The van der Waals surface area contributed by atoms with Crippen LogP contribution in [-0.2, 0) is 11.2 Å². The molecule has 0 aliphatic heterocycles. The second-order valence-corrected chi connectivity index (χ2v) is 4.75. The van der Waals surface area contributed by atoms with Gasteiger partial charge in [0.05, 0.1) is 12.5 Å². The molecule has 0 aliphatic carbocycles. The summed E-state index contributed by atoms with van der Waals surface area (Å²) in [6.07, 6.45) is 3.72. The summed E-state index contributed by atoms with van der Waals surface area (Å²) in [7, 11) is 0. The van der Waals surface area contributed by atoms with Gasteiger partial charge in [-0.3, -0.25) is 9.78 Å². The Labute approximate surface area is 117 Å². The van der Waals surface area contributed by atoms with Gasteiger partial charge in [-0.25, -0.2) is 0 Å². The zero-order valence-electron chi connectivity index (χ0n) is 10.6. The van der Waals surface area contributed by atoms with Crippen LogP contribution in [0.5, 0.6) is 0 Å². The second kappa shape index (κ2) is 6.34. The number of aromatic nitrogens is 1. The van der Waals surface area contributed by atoms with E-state index in [1.54, 1.807) is 18.5 Å². The minimum Gasteiger partial charge on any atom is -0.349 e. The lowest BCUT2D eigenvalue weighted by molar-refractivity contribution is -0.121. The highest BCUT2D eigenvalue weighted by Gasteiger charge is 2.11. The van der Waals surface area contributed by atoms with Crippen LogP contribution in [0, 0.1) is 0 Å². The predicted octanol–water partition coefficient (Wildman–Crippen LogP) is 3.15. The van der Waals surface area contributed by atoms with Gasteiger partial charge in [0.1, 0.15) is 0 Å². The molecule has 1 heterocycles. The topological polar surface area (TPSA) is 42.0 Å². The molecule has 1 atom stereocenters. The van der Waals surface area contributed by atoms with Crippen molar-refractivity contribution in [2.75, 3.05) is 0 Å². The lowest BCUT2D eigenvalue weighted by Gasteiger charge is -2.14. The van der Waals surface area contributed by atoms with Crippen molar-refractivity contribution >= 4 is 17.5 Å². The number of nitrogens with zero attached hydrogens (tertiary/aromatic N) is 1. The molecule has 4 heteroatoms. The lowest BCUT2D eigenvalue weighted by atomic mass is 10.1. The van der Waals surface area contributed by atoms with Crippen molar-refractivity contribution in [2.45, 2.75) is 19.4 Å². The van der Waals surface area contributed by atoms with Crippen molar-refractivity contribution in [1.82, 2.24) is 10.3 Å². The van der Waals surface area contributed by atoms with E-state index < -0.39 is 0 Å². The first-order valence-corrected chi connectivity index (χ1v) is 6.47. The Bertz CT molecular complexity index is 557. The fourth-order valence-electron chi connectivity index (χ4n) is 1.84. The molecule has 0 unspecified atom stereocenters. The molecule has 1 aromatic heterocycles. The van der Waals surface area contributed by atoms with Crippen molar-refractivity contribution in [3.05, 3.63) is 64.9 Å². The molecule has 0 aliphatic rings. The number of hydrogen-bond acceptors (Lipinski definition) is 2. The summed E-state index contributed by atoms with van der Waals surface area (Å²) in [5.74, 6) is -0.0441. The normalized spacial score (nSPS) is 11.9. The first-order valence-electron chi connectivity index (χ1n) is 6.09. The Morgan fingerprint density at radius 1 is 1.26 bits per heavy atom. The molecule has 1 aromatic carbocycles. The molecule has 0 bridgehead atoms. The predicted molar refractivity (Wildman–Crippen MR) is 76.0 cm³/mol. The highest BCUT2D eigenvalue weighted by molar-refractivity contribution is 6.31. The van der Waals surface area contributed by atoms with E-state index in [2.05, 4.69) is 10.3 Å². The molecule has 0 saturated heterocycles. The Hall–Kier alpha value is -1.87. The van der Waals surface area contributed by atoms with Crippen LogP contribution in [0.15, 0.2) is 48.8 Å². The fourth-order valence-corrected chi connectivity index (χ4v) is 2.05. The van der Waals surface area contributed by atoms with E-state index >= 15 is 0 Å². The van der Waals surface area contributed by atoms with Gasteiger partial charge >= 0.3 is 0 Å². The third-order valence-electron chi connectivity index (χ3n) is 2.89. The van der Waals surface area contributed by atoms with Gasteiger partial charge in [0.25, 0.3) is 0 Å². The van der Waals surface area contributed by atoms with Crippen LogP contribution in [-0.4, -0.2) is 10.9 Å². The number of carbonyl (C=O) groups is 1. The third-order valence-corrected chi connectivity index (χ3v) is 3.26. The molecule has 0 radical (unpaired) electrons. The Balaban J connectivity index is 1.97. The molecule has 1 N–H and O–H groups in total. The first-order chi connectivity index (χ1) is 9.16. The molecule has 0 fully saturated rings. The molecule has 0 spiro atoms. The minimum atomic E-state index is -0.0441. The third kappa shape index (κ3) is 3.80. The highest BCUT2D eigenvalue weighted by Crippen LogP contribution is 2.16. The van der Waals surface area contributed by atoms with Crippen molar-refractivity contribution in [2.24, 2.45) is 0 Å². The summed E-state index contributed by atoms with van der Waals surface area (Å²) < 4.78 is 0. The first kappa shape index (κ1) is 13.6. The maximum absolute atomic E-state index is 12.0. The summed E-state index contributed by atoms with van der Waals surface area (Å²) in [4.78, 5) is 15.9. The number of benzene rings is 1. The van der Waals surface area contributed by atoms with Crippen LogP contribution < -0.4 is 5.32 Å². The van der Waals surface area contributed by atoms with Gasteiger partial charge in [0.15, 0.2) is 0 Å². The van der Waals surface area contributed by atoms with E-state index in [1.807, 2.05) is 37.3 Å². The fraction of sp³-hybridized carbons (Fsp3) is 0.200. The molecule has 19 heavy (non-hydrogen) atoms. The molecule has 1 amide bonds. The summed E-state index contributed by atoms with van der Waals surface area (Å²) >= 11 is 6.03. The van der Waals surface area contributed by atoms with Gasteiger partial charge in [0, 0.05) is 17.4 Å². The summed E-state index contributed by atoms with van der Waals surface area (Å²) in [6, 6.07) is 11.1. The average Bonchev–Trinajstić information content (AvgIpc) is 2.42. The van der Waals surface area contributed by atoms with Crippen LogP contribution in [0.4, 0.5) is 0 Å². The Morgan fingerprint density at radius 3 is 2.63 bits per heavy atom. The maximum Gasteiger partial charge on any atom is 0.224 e. The molecule has 3 nitrogen and oxygen atoms in total. The van der Waals surface area contributed by atoms with Crippen molar-refractivity contribution < 1.29 is 4.79 Å². The van der Waals surface area contributed by atoms with Crippen LogP contribution in [0.3, 0.4) is 0 Å². The van der Waals surface area contributed by atoms with Gasteiger partial charge in [-0.05, 0) is 36.2 Å². The second-order valence-electron chi connectivity index (χ2n) is 4.34. The number of nitrogens with one attached hydrogen (secondary N) is 1. The summed E-state index contributed by atoms with van der Waals surface area (Å²) in [6.45, 7) is 1.94. The molecular formula is C15H15ClN2O. The molecular weight excluding hydrogens is 260 g/mol. The van der Waals surface area contributed by atoms with E-state index in [4.69, 9.17) is 11.6 Å². The molecule has 98 valence electrons. The molecule has 0 saturated carbocycles. The maximum atomic E-state index is 12.0. The number of carbonyl (C=O) groups excluding carboxylic acids is 1. The van der Waals surface area contributed by atoms with Crippen molar-refractivity contribution in [3.8, 4) is 0 Å². The van der Waals surface area contributed by atoms with E-state index in [-0.39, 0.29) is 18.4 Å². The number of amides is 1. The van der Waals surface area contributed by atoms with Gasteiger partial charge < -0.3 is 5.32 Å². The summed E-state index contributed by atoms with van der Waals surface area (Å²) in [5.41, 5.74) is 1.87. The van der Waals surface area contributed by atoms with Gasteiger partial charge in [0.2, 0.25) is 5.91 Å². The van der Waals surface area contributed by atoms with Crippen LogP contribution in [0.1, 0.15) is 24.1 Å². The Kier molecular flexibility index (Phi) is 4.53. The van der Waals surface area contributed by atoms with E-state index in [0.717, 1.165) is 11.1 Å². The molecule has 2 rings (SSSR count). The minimum absolute atomic E-state index is 0.0435. The Morgan fingerprint density at radius 2 is 1.95 bits per heavy atom. The zero-order valence-corrected chi connectivity index (χ0v) is 11.4. The van der Waals surface area contributed by atoms with Crippen molar-refractivity contribution in [3.63, 3.8) is 0 Å². The average molecular weight is 275 g/mol. The van der Waals surface area contributed by atoms with E-state index in [1.165, 1.54) is 0 Å². The lowest BCUT2D eigenvalue weighted by Crippen LogP contribution is -2.28. The van der Waals surface area contributed by atoms with Gasteiger partial charge in [-0.1, -0.05) is 29.8 Å².